The lowest BCUT2D eigenvalue weighted by Gasteiger charge is -2.26. The van der Waals surface area contributed by atoms with Crippen molar-refractivity contribution in [1.82, 2.24) is 15.5 Å². The summed E-state index contributed by atoms with van der Waals surface area (Å²) in [7, 11) is 0. The molecule has 0 radical (unpaired) electrons. The molecule has 2 aliphatic rings. The zero-order chi connectivity index (χ0) is 23.1. The summed E-state index contributed by atoms with van der Waals surface area (Å²) in [6.45, 7) is 6.35. The van der Waals surface area contributed by atoms with Crippen molar-refractivity contribution >= 4 is 12.0 Å². The Morgan fingerprint density at radius 3 is 2.69 bits per heavy atom. The van der Waals surface area contributed by atoms with E-state index in [2.05, 4.69) is 22.5 Å². The quantitative estimate of drug-likeness (QED) is 0.501. The lowest BCUT2D eigenvalue weighted by Crippen LogP contribution is -2.37. The molecule has 8 heteroatoms. The number of guanidine groups is 1. The second-order valence-corrected chi connectivity index (χ2v) is 8.85. The molecule has 4 N–H and O–H groups in total. The van der Waals surface area contributed by atoms with Gasteiger partial charge >= 0.3 is 6.03 Å². The Balaban J connectivity index is 1.50. The van der Waals surface area contributed by atoms with Crippen LogP contribution in [0.2, 0.25) is 0 Å². The molecule has 0 fully saturated rings. The summed E-state index contributed by atoms with van der Waals surface area (Å²) in [6, 6.07) is 7.81. The number of halogens is 2. The standard InChI is InChI=1S/C24H33F2N5O/c1-3-4-9-28-23(32)29-14-17-5-7-18(8-6-17)15-31-16-24(2,30-22(31)27)13-19-10-20(25)12-21(26)11-19/h5-8,10,12,21H,3-4,9,11,13-16H2,1-2H3,(H2,27,30)(H2,28,29,32)/t21?,24-/m1/s1. The second-order valence-electron chi connectivity index (χ2n) is 8.85. The fourth-order valence-corrected chi connectivity index (χ4v) is 4.11. The van der Waals surface area contributed by atoms with Gasteiger partial charge in [0.15, 0.2) is 5.96 Å². The summed E-state index contributed by atoms with van der Waals surface area (Å²) in [5.74, 6) is -0.0895. The van der Waals surface area contributed by atoms with E-state index in [0.717, 1.165) is 30.0 Å². The zero-order valence-corrected chi connectivity index (χ0v) is 18.8. The van der Waals surface area contributed by atoms with Crippen molar-refractivity contribution in [2.45, 2.75) is 64.3 Å². The van der Waals surface area contributed by atoms with Gasteiger partial charge in [0.2, 0.25) is 0 Å². The first-order valence-electron chi connectivity index (χ1n) is 11.2. The number of nitrogens with zero attached hydrogens (tertiary/aromatic N) is 2. The van der Waals surface area contributed by atoms with Crippen LogP contribution in [0.1, 0.15) is 50.7 Å². The van der Waals surface area contributed by atoms with Gasteiger partial charge in [-0.25, -0.2) is 18.6 Å². The molecular weight excluding hydrogens is 412 g/mol. The number of rotatable bonds is 9. The van der Waals surface area contributed by atoms with E-state index >= 15 is 0 Å². The van der Waals surface area contributed by atoms with Crippen molar-refractivity contribution in [3.63, 3.8) is 0 Å². The van der Waals surface area contributed by atoms with Gasteiger partial charge in [0.25, 0.3) is 0 Å². The van der Waals surface area contributed by atoms with Crippen molar-refractivity contribution in [2.75, 3.05) is 13.1 Å². The van der Waals surface area contributed by atoms with Gasteiger partial charge in [-0.2, -0.15) is 0 Å². The number of nitrogens with two attached hydrogens (primary N) is 1. The van der Waals surface area contributed by atoms with Crippen LogP contribution >= 0.6 is 0 Å². The summed E-state index contributed by atoms with van der Waals surface area (Å²) in [5.41, 5.74) is 8.45. The maximum atomic E-state index is 13.7. The SMILES string of the molecule is CCCCNC(=O)NCc1ccc(CN2C[C@@](C)(CC3=CC(F)=CC(F)C3)N=C2N)cc1. The van der Waals surface area contributed by atoms with Crippen LogP contribution in [-0.2, 0) is 13.1 Å². The molecule has 174 valence electrons. The van der Waals surface area contributed by atoms with E-state index in [1.54, 1.807) is 0 Å². The Labute approximate surface area is 188 Å². The van der Waals surface area contributed by atoms with Crippen molar-refractivity contribution in [3.05, 3.63) is 58.9 Å². The average molecular weight is 446 g/mol. The minimum Gasteiger partial charge on any atom is -0.370 e. The maximum Gasteiger partial charge on any atom is 0.315 e. The Morgan fingerprint density at radius 1 is 1.28 bits per heavy atom. The minimum absolute atomic E-state index is 0.162. The number of alkyl halides is 1. The largest absolute Gasteiger partial charge is 0.370 e. The maximum absolute atomic E-state index is 13.7. The van der Waals surface area contributed by atoms with Crippen LogP contribution in [0, 0.1) is 0 Å². The Kier molecular flexibility index (Phi) is 7.88. The summed E-state index contributed by atoms with van der Waals surface area (Å²) in [4.78, 5) is 18.3. The Morgan fingerprint density at radius 2 is 2.00 bits per heavy atom. The molecule has 1 aromatic rings. The topological polar surface area (TPSA) is 82.8 Å². The summed E-state index contributed by atoms with van der Waals surface area (Å²) >= 11 is 0. The van der Waals surface area contributed by atoms with E-state index in [0.29, 0.717) is 44.1 Å². The van der Waals surface area contributed by atoms with E-state index in [-0.39, 0.29) is 12.5 Å². The monoisotopic (exact) mass is 445 g/mol. The molecule has 1 aromatic carbocycles. The highest BCUT2D eigenvalue weighted by Gasteiger charge is 2.35. The van der Waals surface area contributed by atoms with Crippen molar-refractivity contribution in [1.29, 1.82) is 0 Å². The van der Waals surface area contributed by atoms with Crippen LogP contribution in [0.5, 0.6) is 0 Å². The summed E-state index contributed by atoms with van der Waals surface area (Å²) in [5, 5.41) is 5.68. The minimum atomic E-state index is -1.28. The normalized spacial score (nSPS) is 22.8. The van der Waals surface area contributed by atoms with Gasteiger partial charge in [-0.1, -0.05) is 43.2 Å². The molecule has 1 unspecified atom stereocenters. The molecule has 0 spiro atoms. The van der Waals surface area contributed by atoms with Gasteiger partial charge in [-0.05, 0) is 43.0 Å². The predicted octanol–water partition coefficient (Wildman–Crippen LogP) is 4.09. The van der Waals surface area contributed by atoms with Gasteiger partial charge in [0.05, 0.1) is 5.54 Å². The summed E-state index contributed by atoms with van der Waals surface area (Å²) < 4.78 is 27.2. The lowest BCUT2D eigenvalue weighted by atomic mass is 9.89. The van der Waals surface area contributed by atoms with Crippen molar-refractivity contribution in [3.8, 4) is 0 Å². The first-order valence-corrected chi connectivity index (χ1v) is 11.2. The Bertz CT molecular complexity index is 896. The summed E-state index contributed by atoms with van der Waals surface area (Å²) in [6.07, 6.45) is 3.80. The molecular formula is C24H33F2N5O. The Hall–Kier alpha value is -2.90. The fourth-order valence-electron chi connectivity index (χ4n) is 4.11. The van der Waals surface area contributed by atoms with Gasteiger partial charge < -0.3 is 21.3 Å². The molecule has 3 rings (SSSR count). The predicted molar refractivity (Wildman–Crippen MR) is 123 cm³/mol. The van der Waals surface area contributed by atoms with Crippen molar-refractivity contribution in [2.24, 2.45) is 10.7 Å². The van der Waals surface area contributed by atoms with Crippen LogP contribution in [0.3, 0.4) is 0 Å². The molecule has 2 atom stereocenters. The number of unbranched alkanes of at least 4 members (excludes halogenated alkanes) is 1. The van der Waals surface area contributed by atoms with Crippen LogP contribution < -0.4 is 16.4 Å². The van der Waals surface area contributed by atoms with Crippen LogP contribution in [0.15, 0.2) is 52.8 Å². The molecule has 6 nitrogen and oxygen atoms in total. The van der Waals surface area contributed by atoms with E-state index < -0.39 is 17.5 Å². The molecule has 32 heavy (non-hydrogen) atoms. The number of nitrogens with one attached hydrogen (secondary N) is 2. The molecule has 1 aliphatic heterocycles. The van der Waals surface area contributed by atoms with Gasteiger partial charge in [-0.3, -0.25) is 0 Å². The van der Waals surface area contributed by atoms with Gasteiger partial charge in [0.1, 0.15) is 12.0 Å². The number of hydrogen-bond donors (Lipinski definition) is 3. The fraction of sp³-hybridized carbons (Fsp3) is 0.500. The van der Waals surface area contributed by atoms with E-state index in [1.165, 1.54) is 6.08 Å². The number of benzene rings is 1. The average Bonchev–Trinajstić information content (AvgIpc) is 2.99. The highest BCUT2D eigenvalue weighted by atomic mass is 19.1. The molecule has 1 aliphatic carbocycles. The van der Waals surface area contributed by atoms with Gasteiger partial charge in [0, 0.05) is 32.6 Å². The number of allylic oxidation sites excluding steroid dienone is 3. The second kappa shape index (κ2) is 10.6. The van der Waals surface area contributed by atoms with E-state index in [1.807, 2.05) is 36.1 Å². The lowest BCUT2D eigenvalue weighted by molar-refractivity contribution is 0.240. The van der Waals surface area contributed by atoms with Crippen molar-refractivity contribution < 1.29 is 13.6 Å². The number of carbonyl (C=O) groups is 1. The first kappa shape index (κ1) is 23.8. The highest BCUT2D eigenvalue weighted by Crippen LogP contribution is 2.33. The molecule has 0 bridgehead atoms. The van der Waals surface area contributed by atoms with Crippen LogP contribution in [0.4, 0.5) is 13.6 Å². The molecule has 2 amide bonds. The number of aliphatic imine (C=N–C) groups is 1. The molecule has 1 heterocycles. The van der Waals surface area contributed by atoms with E-state index in [4.69, 9.17) is 5.73 Å². The third-order valence-electron chi connectivity index (χ3n) is 5.65. The molecule has 0 saturated heterocycles. The molecule has 0 aromatic heterocycles. The zero-order valence-electron chi connectivity index (χ0n) is 18.8. The number of carbonyl (C=O) groups excluding carboxylic acids is 1. The first-order chi connectivity index (χ1) is 15.3. The van der Waals surface area contributed by atoms with Gasteiger partial charge in [-0.15, -0.1) is 0 Å². The van der Waals surface area contributed by atoms with Crippen LogP contribution in [0.25, 0.3) is 0 Å². The molecule has 0 saturated carbocycles. The van der Waals surface area contributed by atoms with Crippen LogP contribution in [-0.4, -0.2) is 41.7 Å². The number of urea groups is 1. The third-order valence-corrected chi connectivity index (χ3v) is 5.65. The third kappa shape index (κ3) is 6.80. The highest BCUT2D eigenvalue weighted by molar-refractivity contribution is 5.80. The smallest absolute Gasteiger partial charge is 0.315 e. The number of amides is 2. The van der Waals surface area contributed by atoms with E-state index in [9.17, 15) is 13.6 Å². The number of hydrogen-bond acceptors (Lipinski definition) is 4.